The summed E-state index contributed by atoms with van der Waals surface area (Å²) in [7, 11) is 0. The summed E-state index contributed by atoms with van der Waals surface area (Å²) >= 11 is 1.78. The van der Waals surface area contributed by atoms with E-state index in [1.165, 1.54) is 17.1 Å². The van der Waals surface area contributed by atoms with Crippen molar-refractivity contribution in [3.63, 3.8) is 0 Å². The molecule has 1 aromatic heterocycles. The van der Waals surface area contributed by atoms with E-state index in [2.05, 4.69) is 36.5 Å². The summed E-state index contributed by atoms with van der Waals surface area (Å²) in [6.07, 6.45) is 1.40. The van der Waals surface area contributed by atoms with Crippen LogP contribution in [0, 0.1) is 11.8 Å². The number of thiazole rings is 1. The standard InChI is InChI=1S/C12H20N2S.ClH/c1-8(2)12-14-11(7-15-12)6-13-5-10-4-9(10)3;/h7-10,13H,4-6H2,1-3H3;1H. The Bertz CT molecular complexity index is 325. The van der Waals surface area contributed by atoms with Gasteiger partial charge in [-0.05, 0) is 24.8 Å². The highest BCUT2D eigenvalue weighted by Crippen LogP contribution is 2.36. The topological polar surface area (TPSA) is 24.9 Å². The fourth-order valence-electron chi connectivity index (χ4n) is 1.74. The van der Waals surface area contributed by atoms with Gasteiger partial charge in [-0.1, -0.05) is 20.8 Å². The SMILES string of the molecule is CC(C)c1nc(CNCC2CC2C)cs1.Cl. The third-order valence-electron chi connectivity index (χ3n) is 3.05. The monoisotopic (exact) mass is 260 g/mol. The minimum atomic E-state index is 0. The Hall–Kier alpha value is -0.120. The van der Waals surface area contributed by atoms with Crippen LogP contribution in [0.25, 0.3) is 0 Å². The molecule has 0 radical (unpaired) electrons. The average molecular weight is 261 g/mol. The van der Waals surface area contributed by atoms with Gasteiger partial charge in [0, 0.05) is 17.8 Å². The van der Waals surface area contributed by atoms with Crippen LogP contribution in [0.5, 0.6) is 0 Å². The molecule has 1 N–H and O–H groups in total. The van der Waals surface area contributed by atoms with Crippen molar-refractivity contribution in [2.45, 2.75) is 39.7 Å². The quantitative estimate of drug-likeness (QED) is 0.877. The van der Waals surface area contributed by atoms with Gasteiger partial charge in [0.2, 0.25) is 0 Å². The number of hydrogen-bond acceptors (Lipinski definition) is 3. The van der Waals surface area contributed by atoms with Crippen LogP contribution in [-0.2, 0) is 6.54 Å². The third-order valence-corrected chi connectivity index (χ3v) is 4.25. The molecule has 2 rings (SSSR count). The highest BCUT2D eigenvalue weighted by atomic mass is 35.5. The maximum Gasteiger partial charge on any atom is 0.0954 e. The van der Waals surface area contributed by atoms with Gasteiger partial charge in [0.1, 0.15) is 0 Å². The minimum absolute atomic E-state index is 0. The summed E-state index contributed by atoms with van der Waals surface area (Å²) in [5.41, 5.74) is 1.21. The van der Waals surface area contributed by atoms with Crippen molar-refractivity contribution in [3.05, 3.63) is 16.1 Å². The second-order valence-corrected chi connectivity index (χ2v) is 5.83. The molecule has 4 heteroatoms. The van der Waals surface area contributed by atoms with E-state index in [1.807, 2.05) is 0 Å². The largest absolute Gasteiger partial charge is 0.311 e. The van der Waals surface area contributed by atoms with Gasteiger partial charge in [0.05, 0.1) is 10.7 Å². The molecule has 92 valence electrons. The molecule has 1 aliphatic carbocycles. The van der Waals surface area contributed by atoms with Crippen molar-refractivity contribution in [1.82, 2.24) is 10.3 Å². The number of hydrogen-bond donors (Lipinski definition) is 1. The smallest absolute Gasteiger partial charge is 0.0954 e. The third kappa shape index (κ3) is 3.72. The molecular weight excluding hydrogens is 240 g/mol. The Morgan fingerprint density at radius 1 is 1.56 bits per heavy atom. The highest BCUT2D eigenvalue weighted by Gasteiger charge is 2.31. The predicted octanol–water partition coefficient (Wildman–Crippen LogP) is 3.43. The first-order valence-electron chi connectivity index (χ1n) is 5.82. The van der Waals surface area contributed by atoms with E-state index in [0.717, 1.165) is 24.9 Å². The van der Waals surface area contributed by atoms with Gasteiger partial charge in [-0.15, -0.1) is 23.7 Å². The summed E-state index contributed by atoms with van der Waals surface area (Å²) in [5.74, 6) is 2.43. The van der Waals surface area contributed by atoms with E-state index in [9.17, 15) is 0 Å². The first-order valence-corrected chi connectivity index (χ1v) is 6.69. The number of halogens is 1. The number of nitrogens with one attached hydrogen (secondary N) is 1. The molecule has 0 aliphatic heterocycles. The number of nitrogens with zero attached hydrogens (tertiary/aromatic N) is 1. The van der Waals surface area contributed by atoms with Crippen LogP contribution in [0.3, 0.4) is 0 Å². The van der Waals surface area contributed by atoms with Crippen LogP contribution in [0.1, 0.15) is 43.8 Å². The summed E-state index contributed by atoms with van der Waals surface area (Å²) < 4.78 is 0. The normalized spacial score (nSPS) is 23.2. The fraction of sp³-hybridized carbons (Fsp3) is 0.750. The zero-order chi connectivity index (χ0) is 10.8. The van der Waals surface area contributed by atoms with Crippen LogP contribution >= 0.6 is 23.7 Å². The zero-order valence-electron chi connectivity index (χ0n) is 10.2. The van der Waals surface area contributed by atoms with E-state index in [4.69, 9.17) is 0 Å². The predicted molar refractivity (Wildman–Crippen MR) is 72.4 cm³/mol. The van der Waals surface area contributed by atoms with Gasteiger partial charge in [-0.2, -0.15) is 0 Å². The maximum absolute atomic E-state index is 4.60. The molecule has 2 atom stereocenters. The van der Waals surface area contributed by atoms with E-state index >= 15 is 0 Å². The van der Waals surface area contributed by atoms with E-state index in [1.54, 1.807) is 11.3 Å². The van der Waals surface area contributed by atoms with Crippen molar-refractivity contribution in [2.75, 3.05) is 6.54 Å². The summed E-state index contributed by atoms with van der Waals surface area (Å²) in [4.78, 5) is 4.60. The lowest BCUT2D eigenvalue weighted by atomic mass is 10.2. The first-order chi connectivity index (χ1) is 7.16. The Kier molecular flexibility index (Phi) is 5.22. The first kappa shape index (κ1) is 13.9. The number of aromatic nitrogens is 1. The van der Waals surface area contributed by atoms with Gasteiger partial charge >= 0.3 is 0 Å². The fourth-order valence-corrected chi connectivity index (χ4v) is 2.57. The summed E-state index contributed by atoms with van der Waals surface area (Å²) in [5, 5.41) is 6.93. The molecule has 0 bridgehead atoms. The van der Waals surface area contributed by atoms with E-state index in [0.29, 0.717) is 5.92 Å². The van der Waals surface area contributed by atoms with Crippen molar-refractivity contribution >= 4 is 23.7 Å². The van der Waals surface area contributed by atoms with Crippen LogP contribution in [0.15, 0.2) is 5.38 Å². The highest BCUT2D eigenvalue weighted by molar-refractivity contribution is 7.09. The summed E-state index contributed by atoms with van der Waals surface area (Å²) in [6.45, 7) is 8.82. The van der Waals surface area contributed by atoms with Crippen LogP contribution in [0.4, 0.5) is 0 Å². The minimum Gasteiger partial charge on any atom is -0.311 e. The second kappa shape index (κ2) is 5.99. The molecule has 0 saturated heterocycles. The molecular formula is C12H21ClN2S. The lowest BCUT2D eigenvalue weighted by Crippen LogP contribution is -2.17. The molecule has 0 spiro atoms. The van der Waals surface area contributed by atoms with Crippen LogP contribution in [-0.4, -0.2) is 11.5 Å². The van der Waals surface area contributed by atoms with Gasteiger partial charge < -0.3 is 5.32 Å². The Morgan fingerprint density at radius 3 is 2.75 bits per heavy atom. The Labute approximate surface area is 108 Å². The molecule has 0 aromatic carbocycles. The molecule has 2 nitrogen and oxygen atoms in total. The average Bonchev–Trinajstić information content (AvgIpc) is 2.71. The molecule has 1 aliphatic rings. The van der Waals surface area contributed by atoms with Gasteiger partial charge in [-0.3, -0.25) is 0 Å². The molecule has 2 unspecified atom stereocenters. The summed E-state index contributed by atoms with van der Waals surface area (Å²) in [6, 6.07) is 0. The molecule has 0 amide bonds. The van der Waals surface area contributed by atoms with E-state index in [-0.39, 0.29) is 12.4 Å². The van der Waals surface area contributed by atoms with Gasteiger partial charge in [0.25, 0.3) is 0 Å². The van der Waals surface area contributed by atoms with Crippen molar-refractivity contribution in [2.24, 2.45) is 11.8 Å². The van der Waals surface area contributed by atoms with Crippen molar-refractivity contribution < 1.29 is 0 Å². The Balaban J connectivity index is 0.00000128. The lowest BCUT2D eigenvalue weighted by molar-refractivity contribution is 0.605. The molecule has 1 fully saturated rings. The molecule has 1 saturated carbocycles. The molecule has 1 heterocycles. The van der Waals surface area contributed by atoms with Gasteiger partial charge in [0.15, 0.2) is 0 Å². The Morgan fingerprint density at radius 2 is 2.25 bits per heavy atom. The van der Waals surface area contributed by atoms with Gasteiger partial charge in [-0.25, -0.2) is 4.98 Å². The van der Waals surface area contributed by atoms with Crippen molar-refractivity contribution in [3.8, 4) is 0 Å². The zero-order valence-corrected chi connectivity index (χ0v) is 11.8. The maximum atomic E-state index is 4.60. The van der Waals surface area contributed by atoms with Crippen LogP contribution < -0.4 is 5.32 Å². The number of rotatable bonds is 5. The van der Waals surface area contributed by atoms with Crippen molar-refractivity contribution in [1.29, 1.82) is 0 Å². The van der Waals surface area contributed by atoms with E-state index < -0.39 is 0 Å². The molecule has 16 heavy (non-hydrogen) atoms. The van der Waals surface area contributed by atoms with Crippen LogP contribution in [0.2, 0.25) is 0 Å². The molecule has 1 aromatic rings. The second-order valence-electron chi connectivity index (χ2n) is 4.94. The lowest BCUT2D eigenvalue weighted by Gasteiger charge is -2.01.